The normalized spacial score (nSPS) is 17.8. The smallest absolute Gasteiger partial charge is 0.314 e. The van der Waals surface area contributed by atoms with E-state index in [1.54, 1.807) is 0 Å². The molecular weight excluding hydrogens is 192 g/mol. The number of hydrogen-bond donors (Lipinski definition) is 0. The van der Waals surface area contributed by atoms with Crippen LogP contribution >= 0.6 is 0 Å². The molecule has 0 amide bonds. The predicted molar refractivity (Wildman–Crippen MR) is 47.7 cm³/mol. The molecule has 74 valence electrons. The Balaban J connectivity index is 2.42. The van der Waals surface area contributed by atoms with Gasteiger partial charge in [0.25, 0.3) is 0 Å². The number of rotatable bonds is 2. The first kappa shape index (κ1) is 10.2. The fourth-order valence-electron chi connectivity index (χ4n) is 1.52. The zero-order valence-corrected chi connectivity index (χ0v) is 8.05. The number of carbonyl (C=O) groups excluding carboxylic acids is 1. The molecule has 1 fully saturated rings. The fourth-order valence-corrected chi connectivity index (χ4v) is 1.69. The van der Waals surface area contributed by atoms with Crippen molar-refractivity contribution >= 4 is 21.8 Å². The first-order valence-corrected chi connectivity index (χ1v) is 5.46. The van der Waals surface area contributed by atoms with Gasteiger partial charge >= 0.3 is 5.97 Å². The average Bonchev–Trinajstić information content (AvgIpc) is 2.15. The fraction of sp³-hybridized carbons (Fsp3) is 0.750. The van der Waals surface area contributed by atoms with Gasteiger partial charge in [-0.05, 0) is 12.8 Å². The molecule has 13 heavy (non-hydrogen) atoms. The molecule has 5 heteroatoms. The standard InChI is InChI=1S/C8H12O4S/c9-8(12-6-13(10)11)7-4-2-1-3-5-7/h6-7H,1-5H2. The van der Waals surface area contributed by atoms with Crippen LogP contribution in [0.3, 0.4) is 0 Å². The van der Waals surface area contributed by atoms with E-state index in [4.69, 9.17) is 0 Å². The molecule has 0 aromatic rings. The van der Waals surface area contributed by atoms with Crippen LogP contribution < -0.4 is 0 Å². The summed E-state index contributed by atoms with van der Waals surface area (Å²) in [6.45, 7) is 0. The van der Waals surface area contributed by atoms with E-state index in [-0.39, 0.29) is 5.92 Å². The molecule has 0 radical (unpaired) electrons. The van der Waals surface area contributed by atoms with Gasteiger partial charge in [-0.1, -0.05) is 19.3 Å². The number of ether oxygens (including phenoxy) is 1. The number of esters is 1. The van der Waals surface area contributed by atoms with Crippen molar-refractivity contribution in [1.29, 1.82) is 0 Å². The van der Waals surface area contributed by atoms with Crippen molar-refractivity contribution in [1.82, 2.24) is 0 Å². The lowest BCUT2D eigenvalue weighted by atomic mass is 9.89. The van der Waals surface area contributed by atoms with Gasteiger partial charge in [0, 0.05) is 0 Å². The van der Waals surface area contributed by atoms with Gasteiger partial charge in [-0.25, -0.2) is 0 Å². The number of hydrogen-bond acceptors (Lipinski definition) is 4. The summed E-state index contributed by atoms with van der Waals surface area (Å²) in [4.78, 5) is 11.2. The Labute approximate surface area is 78.4 Å². The van der Waals surface area contributed by atoms with Crippen LogP contribution in [0.5, 0.6) is 0 Å². The van der Waals surface area contributed by atoms with Crippen molar-refractivity contribution in [2.24, 2.45) is 5.92 Å². The molecule has 0 atom stereocenters. The third-order valence-corrected chi connectivity index (χ3v) is 2.43. The summed E-state index contributed by atoms with van der Waals surface area (Å²) in [5, 5.41) is 0. The van der Waals surface area contributed by atoms with Gasteiger partial charge in [-0.15, -0.1) is 0 Å². The molecule has 0 aromatic heterocycles. The minimum absolute atomic E-state index is 0.103. The van der Waals surface area contributed by atoms with E-state index in [0.29, 0.717) is 5.55 Å². The minimum Gasteiger partial charge on any atom is -0.418 e. The van der Waals surface area contributed by atoms with Crippen LogP contribution in [-0.2, 0) is 19.8 Å². The average molecular weight is 204 g/mol. The molecule has 1 aliphatic carbocycles. The molecule has 1 rings (SSSR count). The molecule has 0 N–H and O–H groups in total. The summed E-state index contributed by atoms with van der Waals surface area (Å²) >= 11 is 0. The van der Waals surface area contributed by atoms with Crippen LogP contribution in [-0.4, -0.2) is 19.9 Å². The quantitative estimate of drug-likeness (QED) is 0.492. The number of carbonyl (C=O) groups is 1. The lowest BCUT2D eigenvalue weighted by Gasteiger charge is -2.18. The van der Waals surface area contributed by atoms with E-state index in [0.717, 1.165) is 32.1 Å². The molecular formula is C8H12O4S. The van der Waals surface area contributed by atoms with Crippen molar-refractivity contribution in [2.75, 3.05) is 0 Å². The predicted octanol–water partition coefficient (Wildman–Crippen LogP) is 0.749. The Bertz CT molecular complexity index is 290. The monoisotopic (exact) mass is 204 g/mol. The second-order valence-electron chi connectivity index (χ2n) is 3.13. The van der Waals surface area contributed by atoms with Gasteiger partial charge in [0.2, 0.25) is 15.8 Å². The summed E-state index contributed by atoms with van der Waals surface area (Å²) in [7, 11) is -2.41. The SMILES string of the molecule is O=C(OC=S(=O)=O)C1CCCCC1. The largest absolute Gasteiger partial charge is 0.418 e. The molecule has 0 heterocycles. The van der Waals surface area contributed by atoms with Crippen molar-refractivity contribution in [2.45, 2.75) is 32.1 Å². The van der Waals surface area contributed by atoms with E-state index in [9.17, 15) is 13.2 Å². The van der Waals surface area contributed by atoms with E-state index in [1.165, 1.54) is 0 Å². The van der Waals surface area contributed by atoms with Gasteiger partial charge < -0.3 is 4.74 Å². The first-order chi connectivity index (χ1) is 6.20. The molecule has 0 unspecified atom stereocenters. The Kier molecular flexibility index (Phi) is 3.95. The van der Waals surface area contributed by atoms with Crippen LogP contribution in [0.25, 0.3) is 0 Å². The summed E-state index contributed by atoms with van der Waals surface area (Å²) < 4.78 is 24.6. The second kappa shape index (κ2) is 5.01. The topological polar surface area (TPSA) is 60.4 Å². The maximum atomic E-state index is 11.2. The van der Waals surface area contributed by atoms with E-state index < -0.39 is 16.3 Å². The van der Waals surface area contributed by atoms with Crippen LogP contribution in [0.2, 0.25) is 0 Å². The Morgan fingerprint density at radius 2 is 1.85 bits per heavy atom. The lowest BCUT2D eigenvalue weighted by Crippen LogP contribution is -2.19. The molecule has 1 saturated carbocycles. The summed E-state index contributed by atoms with van der Waals surface area (Å²) in [6, 6.07) is 0. The van der Waals surface area contributed by atoms with Crippen LogP contribution in [0.15, 0.2) is 0 Å². The maximum Gasteiger partial charge on any atom is 0.314 e. The molecule has 0 saturated heterocycles. The van der Waals surface area contributed by atoms with E-state index in [2.05, 4.69) is 4.74 Å². The summed E-state index contributed by atoms with van der Waals surface area (Å²) in [5.41, 5.74) is 0.553. The summed E-state index contributed by atoms with van der Waals surface area (Å²) in [6.07, 6.45) is 4.85. The van der Waals surface area contributed by atoms with E-state index >= 15 is 0 Å². The molecule has 0 aliphatic heterocycles. The van der Waals surface area contributed by atoms with Gasteiger partial charge in [0.05, 0.1) is 5.92 Å². The zero-order chi connectivity index (χ0) is 9.68. The molecule has 0 bridgehead atoms. The van der Waals surface area contributed by atoms with E-state index in [1.807, 2.05) is 0 Å². The lowest BCUT2D eigenvalue weighted by molar-refractivity contribution is -0.140. The van der Waals surface area contributed by atoms with Crippen LogP contribution in [0.4, 0.5) is 0 Å². The molecule has 0 spiro atoms. The van der Waals surface area contributed by atoms with Crippen molar-refractivity contribution in [3.05, 3.63) is 0 Å². The van der Waals surface area contributed by atoms with Gasteiger partial charge in [-0.3, -0.25) is 4.79 Å². The van der Waals surface area contributed by atoms with Crippen molar-refractivity contribution < 1.29 is 17.9 Å². The maximum absolute atomic E-state index is 11.2. The highest BCUT2D eigenvalue weighted by Crippen LogP contribution is 2.24. The van der Waals surface area contributed by atoms with Gasteiger partial charge in [-0.2, -0.15) is 8.42 Å². The molecule has 4 nitrogen and oxygen atoms in total. The molecule has 0 aromatic carbocycles. The van der Waals surface area contributed by atoms with Crippen LogP contribution in [0, 0.1) is 5.92 Å². The minimum atomic E-state index is -2.41. The van der Waals surface area contributed by atoms with Gasteiger partial charge in [0.15, 0.2) is 0 Å². The van der Waals surface area contributed by atoms with Crippen molar-refractivity contribution in [3.8, 4) is 0 Å². The molecule has 1 aliphatic rings. The third-order valence-electron chi connectivity index (χ3n) is 2.18. The van der Waals surface area contributed by atoms with Gasteiger partial charge in [0.1, 0.15) is 0 Å². The Morgan fingerprint density at radius 1 is 1.23 bits per heavy atom. The first-order valence-electron chi connectivity index (χ1n) is 4.32. The van der Waals surface area contributed by atoms with Crippen LogP contribution in [0.1, 0.15) is 32.1 Å². The highest BCUT2D eigenvalue weighted by molar-refractivity contribution is 7.71. The van der Waals surface area contributed by atoms with Crippen molar-refractivity contribution in [3.63, 3.8) is 0 Å². The highest BCUT2D eigenvalue weighted by Gasteiger charge is 2.21. The Hall–Kier alpha value is -0.840. The highest BCUT2D eigenvalue weighted by atomic mass is 32.2. The second-order valence-corrected chi connectivity index (χ2v) is 3.84. The summed E-state index contributed by atoms with van der Waals surface area (Å²) in [5.74, 6) is -0.516. The zero-order valence-electron chi connectivity index (χ0n) is 7.23. The Morgan fingerprint density at radius 3 is 2.38 bits per heavy atom. The third kappa shape index (κ3) is 3.59.